The van der Waals surface area contributed by atoms with Gasteiger partial charge in [-0.2, -0.15) is 5.10 Å². The fourth-order valence-electron chi connectivity index (χ4n) is 2.21. The van der Waals surface area contributed by atoms with Gasteiger partial charge >= 0.3 is 11.8 Å². The lowest BCUT2D eigenvalue weighted by Gasteiger charge is -2.07. The third-order valence-electron chi connectivity index (χ3n) is 3.57. The van der Waals surface area contributed by atoms with E-state index in [1.54, 1.807) is 30.3 Å². The molecule has 0 spiro atoms. The number of carbonyl (C=O) groups is 2. The quantitative estimate of drug-likeness (QED) is 0.404. The zero-order chi connectivity index (χ0) is 19.8. The molecule has 0 saturated heterocycles. The van der Waals surface area contributed by atoms with Crippen molar-refractivity contribution >= 4 is 23.7 Å². The van der Waals surface area contributed by atoms with E-state index in [4.69, 9.17) is 4.74 Å². The molecule has 3 rings (SSSR count). The van der Waals surface area contributed by atoms with Crippen LogP contribution in [0.2, 0.25) is 0 Å². The Morgan fingerprint density at radius 2 is 1.46 bits per heavy atom. The van der Waals surface area contributed by atoms with Gasteiger partial charge in [-0.3, -0.25) is 9.59 Å². The number of carbonyl (C=O) groups excluding carboxylic acids is 2. The maximum absolute atomic E-state index is 13.4. The van der Waals surface area contributed by atoms with E-state index in [0.29, 0.717) is 17.2 Å². The Balaban J connectivity index is 1.52. The minimum Gasteiger partial charge on any atom is -0.457 e. The van der Waals surface area contributed by atoms with Crippen LogP contribution in [0.1, 0.15) is 5.56 Å². The van der Waals surface area contributed by atoms with Gasteiger partial charge in [-0.1, -0.05) is 36.4 Å². The number of amides is 2. The smallest absolute Gasteiger partial charge is 0.329 e. The standard InChI is InChI=1S/C21H16FN3O3/c22-19-9-5-4-6-15(19)14-23-25-21(27)20(26)24-16-10-12-18(13-11-16)28-17-7-2-1-3-8-17/h1-14H,(H,24,26)(H,25,27). The zero-order valence-electron chi connectivity index (χ0n) is 14.6. The number of halogens is 1. The van der Waals surface area contributed by atoms with Gasteiger partial charge in [0.25, 0.3) is 0 Å². The van der Waals surface area contributed by atoms with Crippen LogP contribution in [0.5, 0.6) is 11.5 Å². The molecule has 7 heteroatoms. The lowest BCUT2D eigenvalue weighted by molar-refractivity contribution is -0.136. The Labute approximate surface area is 160 Å². The summed E-state index contributed by atoms with van der Waals surface area (Å²) in [5.74, 6) is -1.09. The lowest BCUT2D eigenvalue weighted by Crippen LogP contribution is -2.32. The van der Waals surface area contributed by atoms with Gasteiger partial charge in [0.15, 0.2) is 0 Å². The first kappa shape index (κ1) is 18.8. The molecule has 0 atom stereocenters. The molecule has 0 fully saturated rings. The van der Waals surface area contributed by atoms with E-state index in [1.807, 2.05) is 35.8 Å². The average molecular weight is 377 g/mol. The number of hydrogen-bond acceptors (Lipinski definition) is 4. The first-order valence-electron chi connectivity index (χ1n) is 8.34. The fraction of sp³-hybridized carbons (Fsp3) is 0. The molecule has 0 aliphatic heterocycles. The van der Waals surface area contributed by atoms with E-state index in [0.717, 1.165) is 6.21 Å². The van der Waals surface area contributed by atoms with Crippen molar-refractivity contribution in [2.24, 2.45) is 5.10 Å². The molecule has 0 saturated carbocycles. The van der Waals surface area contributed by atoms with Crippen LogP contribution in [0.25, 0.3) is 0 Å². The molecule has 6 nitrogen and oxygen atoms in total. The molecule has 140 valence electrons. The summed E-state index contributed by atoms with van der Waals surface area (Å²) in [4.78, 5) is 23.7. The summed E-state index contributed by atoms with van der Waals surface area (Å²) in [6, 6.07) is 21.7. The number of benzene rings is 3. The van der Waals surface area contributed by atoms with Crippen LogP contribution in [0.4, 0.5) is 10.1 Å². The monoisotopic (exact) mass is 377 g/mol. The Morgan fingerprint density at radius 3 is 2.18 bits per heavy atom. The number of nitrogens with zero attached hydrogens (tertiary/aromatic N) is 1. The molecule has 0 heterocycles. The summed E-state index contributed by atoms with van der Waals surface area (Å²) in [6.07, 6.45) is 1.12. The number of ether oxygens (including phenoxy) is 1. The molecule has 3 aromatic rings. The molecule has 0 radical (unpaired) electrons. The summed E-state index contributed by atoms with van der Waals surface area (Å²) in [5.41, 5.74) is 2.66. The van der Waals surface area contributed by atoms with Gasteiger partial charge < -0.3 is 10.1 Å². The van der Waals surface area contributed by atoms with Crippen molar-refractivity contribution in [3.63, 3.8) is 0 Å². The largest absolute Gasteiger partial charge is 0.457 e. The van der Waals surface area contributed by atoms with Gasteiger partial charge in [-0.25, -0.2) is 9.82 Å². The van der Waals surface area contributed by atoms with Gasteiger partial charge in [0.1, 0.15) is 17.3 Å². The number of anilines is 1. The van der Waals surface area contributed by atoms with Crippen LogP contribution < -0.4 is 15.5 Å². The van der Waals surface area contributed by atoms with Crippen molar-refractivity contribution in [3.8, 4) is 11.5 Å². The van der Waals surface area contributed by atoms with Gasteiger partial charge in [-0.15, -0.1) is 0 Å². The van der Waals surface area contributed by atoms with Crippen molar-refractivity contribution in [1.29, 1.82) is 0 Å². The van der Waals surface area contributed by atoms with Crippen LogP contribution in [0, 0.1) is 5.82 Å². The second kappa shape index (κ2) is 9.09. The highest BCUT2D eigenvalue weighted by atomic mass is 19.1. The maximum Gasteiger partial charge on any atom is 0.329 e. The Bertz CT molecular complexity index is 989. The van der Waals surface area contributed by atoms with Crippen molar-refractivity contribution in [3.05, 3.63) is 90.2 Å². The molecule has 28 heavy (non-hydrogen) atoms. The second-order valence-electron chi connectivity index (χ2n) is 5.61. The zero-order valence-corrected chi connectivity index (χ0v) is 14.6. The third-order valence-corrected chi connectivity index (χ3v) is 3.57. The molecule has 0 bridgehead atoms. The van der Waals surface area contributed by atoms with Crippen LogP contribution in [0.15, 0.2) is 84.0 Å². The maximum atomic E-state index is 13.4. The van der Waals surface area contributed by atoms with E-state index in [1.165, 1.54) is 18.2 Å². The van der Waals surface area contributed by atoms with E-state index < -0.39 is 17.6 Å². The predicted octanol–water partition coefficient (Wildman–Crippen LogP) is 3.71. The van der Waals surface area contributed by atoms with Gasteiger partial charge in [-0.05, 0) is 42.5 Å². The first-order chi connectivity index (χ1) is 13.6. The first-order valence-corrected chi connectivity index (χ1v) is 8.34. The minimum atomic E-state index is -0.975. The normalized spacial score (nSPS) is 10.5. The van der Waals surface area contributed by atoms with Crippen molar-refractivity contribution in [2.75, 3.05) is 5.32 Å². The molecular formula is C21H16FN3O3. The molecule has 0 aromatic heterocycles. The molecule has 2 N–H and O–H groups in total. The highest BCUT2D eigenvalue weighted by molar-refractivity contribution is 6.39. The topological polar surface area (TPSA) is 79.8 Å². The molecule has 0 aliphatic rings. The number of rotatable bonds is 5. The van der Waals surface area contributed by atoms with Gasteiger partial charge in [0.05, 0.1) is 6.21 Å². The SMILES string of the molecule is O=C(NN=Cc1ccccc1F)C(=O)Nc1ccc(Oc2ccccc2)cc1. The van der Waals surface area contributed by atoms with E-state index >= 15 is 0 Å². The summed E-state index contributed by atoms with van der Waals surface area (Å²) in [7, 11) is 0. The molecule has 3 aromatic carbocycles. The van der Waals surface area contributed by atoms with E-state index in [9.17, 15) is 14.0 Å². The Kier molecular flexibility index (Phi) is 6.10. The van der Waals surface area contributed by atoms with Crippen LogP contribution >= 0.6 is 0 Å². The highest BCUT2D eigenvalue weighted by Gasteiger charge is 2.13. The number of nitrogens with one attached hydrogen (secondary N) is 2. The van der Waals surface area contributed by atoms with E-state index in [2.05, 4.69) is 10.4 Å². The fourth-order valence-corrected chi connectivity index (χ4v) is 2.21. The molecule has 0 aliphatic carbocycles. The van der Waals surface area contributed by atoms with Crippen LogP contribution in [0.3, 0.4) is 0 Å². The van der Waals surface area contributed by atoms with Crippen molar-refractivity contribution in [1.82, 2.24) is 5.43 Å². The van der Waals surface area contributed by atoms with E-state index in [-0.39, 0.29) is 5.56 Å². The highest BCUT2D eigenvalue weighted by Crippen LogP contribution is 2.22. The number of hydrogen-bond donors (Lipinski definition) is 2. The summed E-state index contributed by atoms with van der Waals surface area (Å²) < 4.78 is 19.1. The Morgan fingerprint density at radius 1 is 0.821 bits per heavy atom. The number of hydrazone groups is 1. The number of para-hydroxylation sites is 1. The van der Waals surface area contributed by atoms with Crippen molar-refractivity contribution < 1.29 is 18.7 Å². The summed E-state index contributed by atoms with van der Waals surface area (Å²) >= 11 is 0. The molecule has 2 amide bonds. The van der Waals surface area contributed by atoms with Crippen molar-refractivity contribution in [2.45, 2.75) is 0 Å². The summed E-state index contributed by atoms with van der Waals surface area (Å²) in [5, 5.41) is 6.02. The van der Waals surface area contributed by atoms with Gasteiger partial charge in [0, 0.05) is 11.3 Å². The average Bonchev–Trinajstić information content (AvgIpc) is 2.71. The van der Waals surface area contributed by atoms with Crippen LogP contribution in [-0.4, -0.2) is 18.0 Å². The summed E-state index contributed by atoms with van der Waals surface area (Å²) in [6.45, 7) is 0. The minimum absolute atomic E-state index is 0.192. The van der Waals surface area contributed by atoms with Crippen LogP contribution in [-0.2, 0) is 9.59 Å². The molecular weight excluding hydrogens is 361 g/mol. The Hall–Kier alpha value is -4.00. The third kappa shape index (κ3) is 5.25. The van der Waals surface area contributed by atoms with Gasteiger partial charge in [0.2, 0.25) is 0 Å². The second-order valence-corrected chi connectivity index (χ2v) is 5.61. The lowest BCUT2D eigenvalue weighted by atomic mass is 10.2. The molecule has 0 unspecified atom stereocenters. The predicted molar refractivity (Wildman–Crippen MR) is 104 cm³/mol.